The summed E-state index contributed by atoms with van der Waals surface area (Å²) in [6, 6.07) is -0.735. The highest BCUT2D eigenvalue weighted by Crippen LogP contribution is 1.87. The topological polar surface area (TPSA) is 96.5 Å². The Morgan fingerprint density at radius 3 is 2.44 bits per heavy atom. The van der Waals surface area contributed by atoms with Crippen LogP contribution in [0.1, 0.15) is 20.3 Å². The Morgan fingerprint density at radius 2 is 1.94 bits per heavy atom. The lowest BCUT2D eigenvalue weighted by molar-refractivity contribution is -0.144. The molecule has 1 atom stereocenters. The summed E-state index contributed by atoms with van der Waals surface area (Å²) < 4.78 is 4.56. The maximum absolute atomic E-state index is 11.3. The minimum atomic E-state index is -0.735. The van der Waals surface area contributed by atoms with Crippen molar-refractivity contribution in [3.63, 3.8) is 0 Å². The Morgan fingerprint density at radius 1 is 1.28 bits per heavy atom. The molecule has 2 amide bonds. The third-order valence-corrected chi connectivity index (χ3v) is 2.11. The van der Waals surface area contributed by atoms with Gasteiger partial charge in [-0.1, -0.05) is 0 Å². The van der Waals surface area contributed by atoms with E-state index in [1.54, 1.807) is 0 Å². The van der Waals surface area contributed by atoms with Crippen molar-refractivity contribution in [1.82, 2.24) is 16.0 Å². The van der Waals surface area contributed by atoms with Crippen LogP contribution in [-0.2, 0) is 19.1 Å². The number of carbonyl (C=O) groups is 3. The molecule has 0 saturated heterocycles. The van der Waals surface area contributed by atoms with E-state index in [2.05, 4.69) is 20.7 Å². The van der Waals surface area contributed by atoms with E-state index >= 15 is 0 Å². The van der Waals surface area contributed by atoms with Crippen molar-refractivity contribution < 1.29 is 19.1 Å². The average molecular weight is 259 g/mol. The Balaban J connectivity index is 3.93. The molecule has 0 aliphatic heterocycles. The van der Waals surface area contributed by atoms with E-state index in [4.69, 9.17) is 0 Å². The predicted octanol–water partition coefficient (Wildman–Crippen LogP) is -1.22. The van der Waals surface area contributed by atoms with Gasteiger partial charge >= 0.3 is 5.97 Å². The van der Waals surface area contributed by atoms with E-state index in [1.807, 2.05) is 6.92 Å². The normalized spacial score (nSPS) is 11.5. The maximum Gasteiger partial charge on any atom is 0.329 e. The van der Waals surface area contributed by atoms with Crippen molar-refractivity contribution in [2.24, 2.45) is 0 Å². The smallest absolute Gasteiger partial charge is 0.329 e. The molecular formula is C11H21N3O4. The number of carbonyl (C=O) groups excluding carboxylic acids is 3. The van der Waals surface area contributed by atoms with Crippen molar-refractivity contribution in [3.05, 3.63) is 0 Å². The fourth-order valence-electron chi connectivity index (χ4n) is 1.31. The Bertz CT molecular complexity index is 294. The summed E-state index contributed by atoms with van der Waals surface area (Å²) in [6.07, 6.45) is 0.321. The number of hydrogen-bond donors (Lipinski definition) is 3. The standard InChI is InChI=1S/C11H21N3O4/c1-4-13-10(16)5-6-12-7-9(11(17)18-3)14-8(2)15/h9,12H,4-7H2,1-3H3,(H,13,16)(H,14,15). The molecule has 0 spiro atoms. The van der Waals surface area contributed by atoms with E-state index in [9.17, 15) is 14.4 Å². The molecule has 0 fully saturated rings. The van der Waals surface area contributed by atoms with Crippen molar-refractivity contribution >= 4 is 17.8 Å². The summed E-state index contributed by atoms with van der Waals surface area (Å²) in [7, 11) is 1.26. The van der Waals surface area contributed by atoms with Crippen LogP contribution >= 0.6 is 0 Å². The third kappa shape index (κ3) is 7.61. The summed E-state index contributed by atoms with van der Waals surface area (Å²) in [5, 5.41) is 8.05. The van der Waals surface area contributed by atoms with Gasteiger partial charge in [0.2, 0.25) is 11.8 Å². The van der Waals surface area contributed by atoms with Gasteiger partial charge < -0.3 is 20.7 Å². The predicted molar refractivity (Wildman–Crippen MR) is 65.8 cm³/mol. The highest BCUT2D eigenvalue weighted by Gasteiger charge is 2.19. The van der Waals surface area contributed by atoms with Crippen LogP contribution in [0.15, 0.2) is 0 Å². The fourth-order valence-corrected chi connectivity index (χ4v) is 1.31. The third-order valence-electron chi connectivity index (χ3n) is 2.11. The zero-order valence-corrected chi connectivity index (χ0v) is 11.0. The van der Waals surface area contributed by atoms with Gasteiger partial charge in [-0.05, 0) is 6.92 Å². The van der Waals surface area contributed by atoms with E-state index in [0.717, 1.165) is 0 Å². The zero-order chi connectivity index (χ0) is 14.0. The van der Waals surface area contributed by atoms with E-state index < -0.39 is 12.0 Å². The SMILES string of the molecule is CCNC(=O)CCNCC(NC(C)=O)C(=O)OC. The summed E-state index contributed by atoms with van der Waals surface area (Å²) in [4.78, 5) is 33.4. The molecule has 7 nitrogen and oxygen atoms in total. The molecule has 0 aliphatic carbocycles. The van der Waals surface area contributed by atoms with Gasteiger partial charge in [0.05, 0.1) is 7.11 Å². The molecule has 0 aromatic carbocycles. The van der Waals surface area contributed by atoms with Gasteiger partial charge in [0.15, 0.2) is 0 Å². The molecule has 0 radical (unpaired) electrons. The lowest BCUT2D eigenvalue weighted by Crippen LogP contribution is -2.47. The molecule has 0 rings (SSSR count). The average Bonchev–Trinajstić information content (AvgIpc) is 2.32. The van der Waals surface area contributed by atoms with E-state index in [0.29, 0.717) is 19.5 Å². The first-order valence-electron chi connectivity index (χ1n) is 5.83. The van der Waals surface area contributed by atoms with E-state index in [1.165, 1.54) is 14.0 Å². The number of hydrogen-bond acceptors (Lipinski definition) is 5. The minimum absolute atomic E-state index is 0.0563. The minimum Gasteiger partial charge on any atom is -0.467 e. The van der Waals surface area contributed by atoms with Gasteiger partial charge in [-0.25, -0.2) is 4.79 Å². The van der Waals surface area contributed by atoms with Crippen LogP contribution < -0.4 is 16.0 Å². The highest BCUT2D eigenvalue weighted by molar-refractivity contribution is 5.83. The van der Waals surface area contributed by atoms with Gasteiger partial charge in [0, 0.05) is 33.0 Å². The van der Waals surface area contributed by atoms with Gasteiger partial charge in [0.1, 0.15) is 6.04 Å². The summed E-state index contributed by atoms with van der Waals surface area (Å²) >= 11 is 0. The monoisotopic (exact) mass is 259 g/mol. The number of ether oxygens (including phenoxy) is 1. The van der Waals surface area contributed by atoms with Crippen molar-refractivity contribution in [3.8, 4) is 0 Å². The number of rotatable bonds is 8. The quantitative estimate of drug-likeness (QED) is 0.375. The molecule has 0 aliphatic rings. The second kappa shape index (κ2) is 9.41. The van der Waals surface area contributed by atoms with Crippen LogP contribution in [0, 0.1) is 0 Å². The molecule has 0 bridgehead atoms. The summed E-state index contributed by atoms with van der Waals surface area (Å²) in [5.41, 5.74) is 0. The number of methoxy groups -OCH3 is 1. The van der Waals surface area contributed by atoms with Crippen LogP contribution in [0.5, 0.6) is 0 Å². The molecule has 7 heteroatoms. The molecule has 104 valence electrons. The first-order valence-corrected chi connectivity index (χ1v) is 5.83. The molecule has 0 aromatic rings. The number of amides is 2. The Labute approximate surface area is 107 Å². The van der Waals surface area contributed by atoms with Crippen molar-refractivity contribution in [2.75, 3.05) is 26.7 Å². The zero-order valence-electron chi connectivity index (χ0n) is 11.0. The second-order valence-corrected chi connectivity index (χ2v) is 3.68. The van der Waals surface area contributed by atoms with Crippen LogP contribution in [0.4, 0.5) is 0 Å². The van der Waals surface area contributed by atoms with E-state index in [-0.39, 0.29) is 18.4 Å². The molecule has 0 saturated carbocycles. The first-order chi connectivity index (χ1) is 8.51. The largest absolute Gasteiger partial charge is 0.467 e. The molecule has 0 heterocycles. The van der Waals surface area contributed by atoms with Crippen LogP contribution in [0.3, 0.4) is 0 Å². The van der Waals surface area contributed by atoms with Crippen LogP contribution in [-0.4, -0.2) is 50.6 Å². The fraction of sp³-hybridized carbons (Fsp3) is 0.727. The first kappa shape index (κ1) is 16.4. The Hall–Kier alpha value is -1.63. The van der Waals surface area contributed by atoms with Crippen molar-refractivity contribution in [2.45, 2.75) is 26.3 Å². The van der Waals surface area contributed by atoms with Gasteiger partial charge in [-0.2, -0.15) is 0 Å². The molecular weight excluding hydrogens is 238 g/mol. The Kier molecular flexibility index (Phi) is 8.55. The van der Waals surface area contributed by atoms with Crippen molar-refractivity contribution in [1.29, 1.82) is 0 Å². The molecule has 18 heavy (non-hydrogen) atoms. The lowest BCUT2D eigenvalue weighted by atomic mass is 10.2. The molecule has 3 N–H and O–H groups in total. The highest BCUT2D eigenvalue weighted by atomic mass is 16.5. The number of esters is 1. The number of nitrogens with one attached hydrogen (secondary N) is 3. The van der Waals surface area contributed by atoms with Gasteiger partial charge in [-0.3, -0.25) is 9.59 Å². The van der Waals surface area contributed by atoms with Gasteiger partial charge in [-0.15, -0.1) is 0 Å². The van der Waals surface area contributed by atoms with Crippen LogP contribution in [0.25, 0.3) is 0 Å². The molecule has 0 aromatic heterocycles. The summed E-state index contributed by atoms with van der Waals surface area (Å²) in [6.45, 7) is 4.42. The van der Waals surface area contributed by atoms with Gasteiger partial charge in [0.25, 0.3) is 0 Å². The molecule has 1 unspecified atom stereocenters. The lowest BCUT2D eigenvalue weighted by Gasteiger charge is -2.15. The second-order valence-electron chi connectivity index (χ2n) is 3.68. The van der Waals surface area contributed by atoms with Crippen LogP contribution in [0.2, 0.25) is 0 Å². The maximum atomic E-state index is 11.3. The summed E-state index contributed by atoms with van der Waals surface area (Å²) in [5.74, 6) is -0.884.